The molecule has 0 saturated heterocycles. The van der Waals surface area contributed by atoms with Crippen molar-refractivity contribution >= 4 is 43.0 Å². The number of rotatable bonds is 7. The van der Waals surface area contributed by atoms with E-state index >= 15 is 0 Å². The van der Waals surface area contributed by atoms with Gasteiger partial charge in [0.2, 0.25) is 0 Å². The molecular weight excluding hydrogens is 474 g/mol. The molecule has 3 aromatic carbocycles. The topological polar surface area (TPSA) is 102 Å². The van der Waals surface area contributed by atoms with Gasteiger partial charge in [-0.2, -0.15) is 0 Å². The van der Waals surface area contributed by atoms with E-state index in [-0.39, 0.29) is 27.0 Å². The summed E-state index contributed by atoms with van der Waals surface area (Å²) in [4.78, 5) is -1.28. The van der Waals surface area contributed by atoms with Crippen LogP contribution in [0.1, 0.15) is 0 Å². The highest BCUT2D eigenvalue weighted by Gasteiger charge is 2.24. The molecule has 0 bridgehead atoms. The molecule has 0 aliphatic rings. The Hall–Kier alpha value is -2.89. The van der Waals surface area contributed by atoms with Crippen LogP contribution in [0, 0.1) is 11.6 Å². The molecule has 7 nitrogen and oxygen atoms in total. The van der Waals surface area contributed by atoms with E-state index in [1.807, 2.05) is 4.72 Å². The van der Waals surface area contributed by atoms with Crippen molar-refractivity contribution in [2.45, 2.75) is 9.79 Å². The van der Waals surface area contributed by atoms with Crippen molar-refractivity contribution in [2.75, 3.05) is 16.6 Å². The first-order valence-electron chi connectivity index (χ1n) is 8.47. The standard InChI is InChI=1S/C19H15ClF2N2O5S2/c1-29-18-9-7-13(30(25,26)23-16-5-3-2-4-14(16)20)11-17(18)24-31(27,28)19-10-12(21)6-8-15(19)22/h2-11,23-24H,1H3. The van der Waals surface area contributed by atoms with Crippen LogP contribution in [-0.4, -0.2) is 23.9 Å². The van der Waals surface area contributed by atoms with Crippen molar-refractivity contribution in [3.05, 3.63) is 77.3 Å². The van der Waals surface area contributed by atoms with Crippen molar-refractivity contribution in [1.29, 1.82) is 0 Å². The van der Waals surface area contributed by atoms with Gasteiger partial charge in [0.25, 0.3) is 20.0 Å². The van der Waals surface area contributed by atoms with Gasteiger partial charge in [-0.1, -0.05) is 23.7 Å². The molecule has 0 atom stereocenters. The lowest BCUT2D eigenvalue weighted by Gasteiger charge is -2.15. The van der Waals surface area contributed by atoms with Crippen molar-refractivity contribution in [3.8, 4) is 5.75 Å². The van der Waals surface area contributed by atoms with Crippen LogP contribution < -0.4 is 14.2 Å². The van der Waals surface area contributed by atoms with E-state index in [0.29, 0.717) is 12.1 Å². The summed E-state index contributed by atoms with van der Waals surface area (Å²) in [5, 5.41) is 0.155. The Balaban J connectivity index is 2.01. The molecule has 0 fully saturated rings. The van der Waals surface area contributed by atoms with Crippen molar-refractivity contribution in [1.82, 2.24) is 0 Å². The average molecular weight is 489 g/mol. The number of halogens is 3. The van der Waals surface area contributed by atoms with Gasteiger partial charge in [0.05, 0.1) is 28.4 Å². The second-order valence-corrected chi connectivity index (χ2v) is 9.87. The minimum absolute atomic E-state index is 0.0444. The quantitative estimate of drug-likeness (QED) is 0.518. The van der Waals surface area contributed by atoms with Crippen LogP contribution in [0.4, 0.5) is 20.2 Å². The van der Waals surface area contributed by atoms with Crippen molar-refractivity contribution < 1.29 is 30.4 Å². The highest BCUT2D eigenvalue weighted by molar-refractivity contribution is 7.93. The molecule has 12 heteroatoms. The highest BCUT2D eigenvalue weighted by atomic mass is 35.5. The van der Waals surface area contributed by atoms with E-state index < -0.39 is 36.6 Å². The third-order valence-corrected chi connectivity index (χ3v) is 7.10. The summed E-state index contributed by atoms with van der Waals surface area (Å²) in [6.45, 7) is 0. The number of para-hydroxylation sites is 1. The molecule has 0 aliphatic carbocycles. The van der Waals surface area contributed by atoms with E-state index in [1.165, 1.54) is 31.4 Å². The molecule has 2 N–H and O–H groups in total. The first kappa shape index (κ1) is 22.8. The Kier molecular flexibility index (Phi) is 6.39. The maximum absolute atomic E-state index is 14.0. The number of anilines is 2. The van der Waals surface area contributed by atoms with Crippen LogP contribution in [-0.2, 0) is 20.0 Å². The van der Waals surface area contributed by atoms with Gasteiger partial charge in [-0.15, -0.1) is 0 Å². The van der Waals surface area contributed by atoms with Crippen LogP contribution in [0.3, 0.4) is 0 Å². The number of hydrogen-bond acceptors (Lipinski definition) is 5. The minimum atomic E-state index is -4.61. The average Bonchev–Trinajstić information content (AvgIpc) is 2.71. The zero-order valence-electron chi connectivity index (χ0n) is 15.8. The summed E-state index contributed by atoms with van der Waals surface area (Å²) in [5.41, 5.74) is -0.183. The summed E-state index contributed by atoms with van der Waals surface area (Å²) in [5.74, 6) is -2.19. The predicted octanol–water partition coefficient (Wildman–Crippen LogP) is 4.23. The predicted molar refractivity (Wildman–Crippen MR) is 112 cm³/mol. The van der Waals surface area contributed by atoms with Gasteiger partial charge in [-0.05, 0) is 48.5 Å². The Morgan fingerprint density at radius 1 is 0.839 bits per heavy atom. The molecule has 0 radical (unpaired) electrons. The van der Waals surface area contributed by atoms with Crippen molar-refractivity contribution in [3.63, 3.8) is 0 Å². The van der Waals surface area contributed by atoms with Gasteiger partial charge < -0.3 is 4.74 Å². The lowest BCUT2D eigenvalue weighted by Crippen LogP contribution is -2.17. The fraction of sp³-hybridized carbons (Fsp3) is 0.0526. The number of methoxy groups -OCH3 is 1. The summed E-state index contributed by atoms with van der Waals surface area (Å²) in [6, 6.07) is 11.4. The van der Waals surface area contributed by atoms with Crippen LogP contribution >= 0.6 is 11.6 Å². The van der Waals surface area contributed by atoms with Gasteiger partial charge in [-0.25, -0.2) is 25.6 Å². The Morgan fingerprint density at radius 3 is 2.19 bits per heavy atom. The molecule has 3 aromatic rings. The molecular formula is C19H15ClF2N2O5S2. The molecule has 31 heavy (non-hydrogen) atoms. The Bertz CT molecular complexity index is 1350. The zero-order chi connectivity index (χ0) is 22.8. The van der Waals surface area contributed by atoms with Gasteiger partial charge in [0, 0.05) is 0 Å². The van der Waals surface area contributed by atoms with E-state index in [9.17, 15) is 25.6 Å². The normalized spacial score (nSPS) is 11.7. The van der Waals surface area contributed by atoms with Crippen LogP contribution in [0.25, 0.3) is 0 Å². The Morgan fingerprint density at radius 2 is 1.52 bits per heavy atom. The largest absolute Gasteiger partial charge is 0.495 e. The molecule has 0 aliphatic heterocycles. The van der Waals surface area contributed by atoms with E-state index in [1.54, 1.807) is 12.1 Å². The SMILES string of the molecule is COc1ccc(S(=O)(=O)Nc2ccccc2Cl)cc1NS(=O)(=O)c1cc(F)ccc1F. The molecule has 0 unspecified atom stereocenters. The van der Waals surface area contributed by atoms with E-state index in [2.05, 4.69) is 4.72 Å². The number of benzene rings is 3. The highest BCUT2D eigenvalue weighted by Crippen LogP contribution is 2.32. The summed E-state index contributed by atoms with van der Waals surface area (Å²) in [7, 11) is -7.56. The maximum atomic E-state index is 14.0. The summed E-state index contributed by atoms with van der Waals surface area (Å²) in [6.07, 6.45) is 0. The minimum Gasteiger partial charge on any atom is -0.495 e. The summed E-state index contributed by atoms with van der Waals surface area (Å²) < 4.78 is 87.4. The number of ether oxygens (including phenoxy) is 1. The second-order valence-electron chi connectivity index (χ2n) is 6.13. The lowest BCUT2D eigenvalue weighted by atomic mass is 10.3. The zero-order valence-corrected chi connectivity index (χ0v) is 18.2. The van der Waals surface area contributed by atoms with Crippen LogP contribution in [0.15, 0.2) is 70.5 Å². The maximum Gasteiger partial charge on any atom is 0.265 e. The first-order chi connectivity index (χ1) is 14.5. The molecule has 0 spiro atoms. The molecule has 3 rings (SSSR count). The van der Waals surface area contributed by atoms with Gasteiger partial charge in [0.1, 0.15) is 22.3 Å². The molecule has 0 heterocycles. The monoisotopic (exact) mass is 488 g/mol. The van der Waals surface area contributed by atoms with Crippen LogP contribution in [0.2, 0.25) is 5.02 Å². The number of nitrogens with one attached hydrogen (secondary N) is 2. The second kappa shape index (κ2) is 8.69. The fourth-order valence-electron chi connectivity index (χ4n) is 2.56. The van der Waals surface area contributed by atoms with Crippen LogP contribution in [0.5, 0.6) is 5.75 Å². The lowest BCUT2D eigenvalue weighted by molar-refractivity contribution is 0.416. The van der Waals surface area contributed by atoms with E-state index in [0.717, 1.165) is 12.1 Å². The third-order valence-electron chi connectivity index (χ3n) is 4.03. The molecule has 164 valence electrons. The van der Waals surface area contributed by atoms with Gasteiger partial charge in [0.15, 0.2) is 0 Å². The summed E-state index contributed by atoms with van der Waals surface area (Å²) >= 11 is 5.97. The Labute approximate surface area is 182 Å². The number of hydrogen-bond donors (Lipinski definition) is 2. The molecule has 0 aromatic heterocycles. The fourth-order valence-corrected chi connectivity index (χ4v) is 5.06. The molecule has 0 amide bonds. The van der Waals surface area contributed by atoms with Gasteiger partial charge in [-0.3, -0.25) is 9.44 Å². The van der Waals surface area contributed by atoms with E-state index in [4.69, 9.17) is 16.3 Å². The third kappa shape index (κ3) is 5.06. The van der Waals surface area contributed by atoms with Gasteiger partial charge >= 0.3 is 0 Å². The smallest absolute Gasteiger partial charge is 0.265 e. The molecule has 0 saturated carbocycles. The number of sulfonamides is 2. The van der Waals surface area contributed by atoms with Crippen molar-refractivity contribution in [2.24, 2.45) is 0 Å². The first-order valence-corrected chi connectivity index (χ1v) is 11.8.